The standard InChI is InChI=1S/C15H22FNO2S/c1-12-7-9-17(8-4-10-20(2,18)19)15(12)13-5-3-6-14(16)11-13/h3,5-6,11-12,15H,4,7-10H2,1-2H3/t12-,15+/m1/s1. The number of hydrogen-bond acceptors (Lipinski definition) is 3. The summed E-state index contributed by atoms with van der Waals surface area (Å²) in [6.45, 7) is 3.87. The third kappa shape index (κ3) is 4.03. The summed E-state index contributed by atoms with van der Waals surface area (Å²) in [5, 5.41) is 0. The molecule has 3 nitrogen and oxygen atoms in total. The average Bonchev–Trinajstić information content (AvgIpc) is 2.69. The molecule has 1 saturated heterocycles. The summed E-state index contributed by atoms with van der Waals surface area (Å²) in [7, 11) is -2.90. The van der Waals surface area contributed by atoms with Gasteiger partial charge in [0.1, 0.15) is 15.7 Å². The third-order valence-electron chi connectivity index (χ3n) is 3.95. The van der Waals surface area contributed by atoms with Crippen LogP contribution in [0.15, 0.2) is 24.3 Å². The molecule has 1 fully saturated rings. The van der Waals surface area contributed by atoms with E-state index in [9.17, 15) is 12.8 Å². The summed E-state index contributed by atoms with van der Waals surface area (Å²) in [5.74, 6) is 0.473. The van der Waals surface area contributed by atoms with Gasteiger partial charge in [0.05, 0.1) is 5.75 Å². The van der Waals surface area contributed by atoms with Crippen LogP contribution in [0.5, 0.6) is 0 Å². The van der Waals surface area contributed by atoms with Gasteiger partial charge in [-0.05, 0) is 49.5 Å². The molecule has 1 aliphatic heterocycles. The van der Waals surface area contributed by atoms with Gasteiger partial charge >= 0.3 is 0 Å². The SMILES string of the molecule is C[C@@H]1CCN(CCCS(C)(=O)=O)[C@@H]1c1cccc(F)c1. The van der Waals surface area contributed by atoms with E-state index >= 15 is 0 Å². The van der Waals surface area contributed by atoms with Crippen molar-refractivity contribution < 1.29 is 12.8 Å². The second-order valence-corrected chi connectivity index (χ2v) is 8.04. The van der Waals surface area contributed by atoms with Gasteiger partial charge in [-0.2, -0.15) is 0 Å². The first-order valence-corrected chi connectivity index (χ1v) is 9.10. The summed E-state index contributed by atoms with van der Waals surface area (Å²) in [5.41, 5.74) is 0.995. The van der Waals surface area contributed by atoms with E-state index in [1.807, 2.05) is 6.07 Å². The van der Waals surface area contributed by atoms with Crippen LogP contribution in [0.4, 0.5) is 4.39 Å². The predicted octanol–water partition coefficient (Wildman–Crippen LogP) is 2.64. The van der Waals surface area contributed by atoms with Gasteiger partial charge in [-0.1, -0.05) is 19.1 Å². The molecule has 0 spiro atoms. The van der Waals surface area contributed by atoms with Crippen molar-refractivity contribution in [2.24, 2.45) is 5.92 Å². The molecule has 2 atom stereocenters. The zero-order valence-corrected chi connectivity index (χ0v) is 12.9. The highest BCUT2D eigenvalue weighted by atomic mass is 32.2. The lowest BCUT2D eigenvalue weighted by Gasteiger charge is -2.27. The maximum Gasteiger partial charge on any atom is 0.147 e. The third-order valence-corrected chi connectivity index (χ3v) is 4.98. The van der Waals surface area contributed by atoms with Gasteiger partial charge in [0.25, 0.3) is 0 Å². The largest absolute Gasteiger partial charge is 0.296 e. The minimum atomic E-state index is -2.90. The van der Waals surface area contributed by atoms with Crippen LogP contribution in [0.2, 0.25) is 0 Å². The lowest BCUT2D eigenvalue weighted by Crippen LogP contribution is -2.27. The van der Waals surface area contributed by atoms with Crippen LogP contribution in [0.3, 0.4) is 0 Å². The Hall–Kier alpha value is -0.940. The van der Waals surface area contributed by atoms with Crippen molar-refractivity contribution in [3.05, 3.63) is 35.6 Å². The van der Waals surface area contributed by atoms with E-state index < -0.39 is 9.84 Å². The van der Waals surface area contributed by atoms with Crippen molar-refractivity contribution >= 4 is 9.84 Å². The molecular weight excluding hydrogens is 277 g/mol. The van der Waals surface area contributed by atoms with E-state index in [1.165, 1.54) is 12.3 Å². The Morgan fingerprint density at radius 1 is 1.40 bits per heavy atom. The molecule has 0 bridgehead atoms. The Morgan fingerprint density at radius 2 is 2.15 bits per heavy atom. The quantitative estimate of drug-likeness (QED) is 0.839. The molecule has 0 N–H and O–H groups in total. The first kappa shape index (κ1) is 15.4. The highest BCUT2D eigenvalue weighted by molar-refractivity contribution is 7.90. The van der Waals surface area contributed by atoms with Gasteiger partial charge in [-0.3, -0.25) is 4.90 Å². The van der Waals surface area contributed by atoms with E-state index in [2.05, 4.69) is 11.8 Å². The highest BCUT2D eigenvalue weighted by Crippen LogP contribution is 2.37. The Labute approximate surface area is 120 Å². The Morgan fingerprint density at radius 3 is 2.80 bits per heavy atom. The van der Waals surface area contributed by atoms with Gasteiger partial charge in [0.2, 0.25) is 0 Å². The monoisotopic (exact) mass is 299 g/mol. The Kier molecular flexibility index (Phi) is 4.81. The lowest BCUT2D eigenvalue weighted by molar-refractivity contribution is 0.234. The number of benzene rings is 1. The fraction of sp³-hybridized carbons (Fsp3) is 0.600. The zero-order chi connectivity index (χ0) is 14.8. The molecule has 0 unspecified atom stereocenters. The number of nitrogens with zero attached hydrogens (tertiary/aromatic N) is 1. The molecule has 2 rings (SSSR count). The van der Waals surface area contributed by atoms with Crippen LogP contribution in [0.1, 0.15) is 31.4 Å². The number of likely N-dealkylation sites (tertiary alicyclic amines) is 1. The van der Waals surface area contributed by atoms with Crippen molar-refractivity contribution in [2.75, 3.05) is 25.1 Å². The number of rotatable bonds is 5. The predicted molar refractivity (Wildman–Crippen MR) is 78.8 cm³/mol. The molecule has 0 saturated carbocycles. The molecule has 20 heavy (non-hydrogen) atoms. The van der Waals surface area contributed by atoms with E-state index in [1.54, 1.807) is 12.1 Å². The highest BCUT2D eigenvalue weighted by Gasteiger charge is 2.32. The topological polar surface area (TPSA) is 37.4 Å². The molecule has 0 aromatic heterocycles. The molecule has 1 heterocycles. The lowest BCUT2D eigenvalue weighted by atomic mass is 9.95. The van der Waals surface area contributed by atoms with Crippen molar-refractivity contribution in [3.8, 4) is 0 Å². The molecule has 1 aromatic rings. The fourth-order valence-corrected chi connectivity index (χ4v) is 3.69. The molecule has 5 heteroatoms. The molecule has 1 aliphatic rings. The normalized spacial score (nSPS) is 24.1. The summed E-state index contributed by atoms with van der Waals surface area (Å²) in [6, 6.07) is 6.95. The Bertz CT molecular complexity index is 559. The molecular formula is C15H22FNO2S. The van der Waals surface area contributed by atoms with Crippen molar-refractivity contribution in [3.63, 3.8) is 0 Å². The minimum absolute atomic E-state index is 0.199. The van der Waals surface area contributed by atoms with Crippen LogP contribution in [-0.4, -0.2) is 38.4 Å². The molecule has 0 amide bonds. The van der Waals surface area contributed by atoms with E-state index in [4.69, 9.17) is 0 Å². The second-order valence-electron chi connectivity index (χ2n) is 5.79. The van der Waals surface area contributed by atoms with E-state index in [-0.39, 0.29) is 17.6 Å². The summed E-state index contributed by atoms with van der Waals surface area (Å²) < 4.78 is 35.8. The van der Waals surface area contributed by atoms with Crippen LogP contribution in [0, 0.1) is 11.7 Å². The fourth-order valence-electron chi connectivity index (χ4n) is 3.04. The van der Waals surface area contributed by atoms with E-state index in [0.717, 1.165) is 25.1 Å². The van der Waals surface area contributed by atoms with E-state index in [0.29, 0.717) is 12.3 Å². The smallest absolute Gasteiger partial charge is 0.147 e. The van der Waals surface area contributed by atoms with Gasteiger partial charge in [-0.15, -0.1) is 0 Å². The molecule has 1 aromatic carbocycles. The van der Waals surface area contributed by atoms with Crippen LogP contribution in [0.25, 0.3) is 0 Å². The summed E-state index contributed by atoms with van der Waals surface area (Å²) in [4.78, 5) is 2.28. The number of hydrogen-bond donors (Lipinski definition) is 0. The average molecular weight is 299 g/mol. The van der Waals surface area contributed by atoms with Crippen molar-refractivity contribution in [1.29, 1.82) is 0 Å². The van der Waals surface area contributed by atoms with Crippen molar-refractivity contribution in [1.82, 2.24) is 4.90 Å². The first-order chi connectivity index (χ1) is 9.37. The maximum absolute atomic E-state index is 13.4. The number of halogens is 1. The molecule has 112 valence electrons. The van der Waals surface area contributed by atoms with Gasteiger partial charge in [0.15, 0.2) is 0 Å². The van der Waals surface area contributed by atoms with Crippen molar-refractivity contribution in [2.45, 2.75) is 25.8 Å². The zero-order valence-electron chi connectivity index (χ0n) is 12.0. The molecule has 0 aliphatic carbocycles. The van der Waals surface area contributed by atoms with Crippen LogP contribution < -0.4 is 0 Å². The summed E-state index contributed by atoms with van der Waals surface area (Å²) >= 11 is 0. The first-order valence-electron chi connectivity index (χ1n) is 7.04. The molecule has 0 radical (unpaired) electrons. The van der Waals surface area contributed by atoms with Crippen LogP contribution >= 0.6 is 0 Å². The van der Waals surface area contributed by atoms with Gasteiger partial charge in [0, 0.05) is 12.3 Å². The maximum atomic E-state index is 13.4. The van der Waals surface area contributed by atoms with Crippen LogP contribution in [-0.2, 0) is 9.84 Å². The minimum Gasteiger partial charge on any atom is -0.296 e. The van der Waals surface area contributed by atoms with Gasteiger partial charge in [-0.25, -0.2) is 12.8 Å². The second kappa shape index (κ2) is 6.22. The Balaban J connectivity index is 2.05. The van der Waals surface area contributed by atoms with Gasteiger partial charge < -0.3 is 0 Å². The summed E-state index contributed by atoms with van der Waals surface area (Å²) in [6.07, 6.45) is 2.97. The number of sulfone groups is 1.